The van der Waals surface area contributed by atoms with Gasteiger partial charge in [0, 0.05) is 18.4 Å². The molecule has 0 saturated heterocycles. The normalized spacial score (nSPS) is 46.9. The molecule has 796 valence electrons. The van der Waals surface area contributed by atoms with Crippen molar-refractivity contribution in [2.45, 2.75) is 411 Å². The third-order valence-electron chi connectivity index (χ3n) is 48.1. The van der Waals surface area contributed by atoms with E-state index in [2.05, 4.69) is 166 Å². The molecule has 0 unspecified atom stereocenters. The Morgan fingerprint density at radius 1 is 0.345 bits per heavy atom. The average Bonchev–Trinajstić information content (AvgIpc) is 1.64. The van der Waals surface area contributed by atoms with Crippen LogP contribution in [0.2, 0.25) is 0 Å². The van der Waals surface area contributed by atoms with E-state index in [1.165, 1.54) is 265 Å². The molecule has 21 fully saturated rings. The fraction of sp³-hybridized carbons (Fsp3) is 0.850. The summed E-state index contributed by atoms with van der Waals surface area (Å²) < 4.78 is 32.1. The molecule has 21 aliphatic carbocycles. The van der Waals surface area contributed by atoms with Gasteiger partial charge in [0.25, 0.3) is 6.43 Å². The molecule has 0 bridgehead atoms. The summed E-state index contributed by atoms with van der Waals surface area (Å²) in [7, 11) is 1.71. The van der Waals surface area contributed by atoms with E-state index in [-0.39, 0.29) is 23.4 Å². The Morgan fingerprint density at radius 3 is 0.959 bits per heavy atom. The Morgan fingerprint density at radius 2 is 0.641 bits per heavy atom. The molecule has 25 rings (SSSR count). The van der Waals surface area contributed by atoms with Crippen molar-refractivity contribution < 1.29 is 39.1 Å². The first-order chi connectivity index (χ1) is 69.5. The summed E-state index contributed by atoms with van der Waals surface area (Å²) in [6, 6.07) is 0. The van der Waals surface area contributed by atoms with Crippen molar-refractivity contribution in [3.05, 3.63) is 86.1 Å². The maximum atomic E-state index is 13.4. The average molecular weight is 2020 g/mol. The Balaban J connectivity index is 0.000000107. The first-order valence-corrected chi connectivity index (χ1v) is 59.1. The van der Waals surface area contributed by atoms with E-state index in [0.29, 0.717) is 132 Å². The van der Waals surface area contributed by atoms with E-state index < -0.39 is 28.8 Å². The number of methoxy groups -OCH3 is 1. The molecule has 25 heteroatoms. The second kappa shape index (κ2) is 41.4. The van der Waals surface area contributed by atoms with Crippen LogP contribution in [0.5, 0.6) is 0 Å². The zero-order chi connectivity index (χ0) is 101. The van der Waals surface area contributed by atoms with Gasteiger partial charge in [0.15, 0.2) is 25.3 Å². The van der Waals surface area contributed by atoms with E-state index in [4.69, 9.17) is 16.3 Å². The van der Waals surface area contributed by atoms with Gasteiger partial charge in [-0.1, -0.05) is 113 Å². The van der Waals surface area contributed by atoms with Gasteiger partial charge in [-0.15, -0.1) is 40.8 Å². The minimum absolute atomic E-state index is 0.265. The minimum atomic E-state index is -2.62. The Hall–Kier alpha value is -5.99. The molecule has 0 radical (unpaired) electrons. The first kappa shape index (κ1) is 105. The summed E-state index contributed by atoms with van der Waals surface area (Å²) >= 11 is 5.63. The van der Waals surface area contributed by atoms with E-state index in [1.807, 2.05) is 0 Å². The van der Waals surface area contributed by atoms with Crippen LogP contribution >= 0.6 is 11.6 Å². The summed E-state index contributed by atoms with van der Waals surface area (Å²) in [6.45, 7) is 42.5. The van der Waals surface area contributed by atoms with Crippen LogP contribution in [0.15, 0.2) is 86.1 Å². The standard InChI is InChI=1S/C27H38N4O.C24H33ClN4O.C24H38N4O2.C23H34F2N4O.C22H36O/c1-18(16-31-29-17-28-30-31)24-7-8-25-23-6-5-20-15-27(32,13-9-19-3-4-19)14-11-21(20)22(23)10-12-26(24,25)2;1-16(14-29-27-15-26-28-29)21-5-6-22-20-4-3-17-13-24(30,11-12-25)10-8-18(17)19(20)7-9-23(21,22)2;1-16(13-28-26-15-25-27-28)21-6-7-22-20-5-4-17-12-24(29,14-30-3)11-9-18(17)19(20)8-10-23(21,22)2;1-14(12-29-27-13-26-28-29)19-5-6-20-18-4-3-15-11-23(30,21(24)25)10-8-16(15)17(18)7-9-22(19,20)2;1-14(2)19-7-8-20-18-6-5-15-13-21(3,23)11-9-16(15)17(18)10-12-22(19,20)4/h17,19-25,32H,1,3-8,10-12,14-16H2,2H3;15,17-22,30H,1,3-10,13-14H2,2H3;15,17-22,29H,1,4-14H2,2-3H3;13,15-21,30H,1,3-12H2,2H3;15-20,23H,1,5-13H2,2-4H3/t20-,21+,22-,23-,24-,25+,26-,27-;17-,18+,19-,20-,21-,22+,23-,24+;17-,18+,19-,20-,21-,22+,23-,24-;15-,16+,17-,18-,19-,20+,22-,23-;15-,16-,17+,18+,19+,20-,21+,22+/m11110/s1. The number of halogens is 3. The SMILES string of the molecule is C=C(C)[C@H]1CC[C@H]2[C@@H]3CC[C@H]4C[C@](C)(O)CC[C@@H]4[C@H]3CC[C@]12C.C=C(Cn1ncnn1)[C@H]1CC[C@H]2[C@@H]3CC[C@@H]4C[C@@](O)(C#CC5CC5)CC[C@@H]4[C@H]3CC[C@]12C.C=C(Cn1ncnn1)[C@H]1CC[C@H]2[C@@H]3CC[C@@H]4C[C@@](O)(C#CCl)CC[C@@H]4[C@H]3CC[C@]12C.C=C(Cn1ncnn1)[C@H]1CC[C@H]2[C@@H]3CC[C@@H]4C[C@@](O)(C(F)F)CC[C@@H]4[C@H]3CC[C@]12C.C=C(Cn1ncnn1)[C@H]1CC[C@H]2[C@@H]3CC[C@@H]4C[C@@](O)(COC)CC[C@@H]4[C@H]3CC[C@]12C. The van der Waals surface area contributed by atoms with E-state index >= 15 is 0 Å². The lowest BCUT2D eigenvalue weighted by Crippen LogP contribution is -2.52. The molecule has 4 aromatic heterocycles. The number of allylic oxidation sites excluding steroid dienone is 5. The van der Waals surface area contributed by atoms with Gasteiger partial charge in [0.05, 0.1) is 44.0 Å². The number of aliphatic hydroxyl groups is 5. The lowest BCUT2D eigenvalue weighted by molar-refractivity contribution is -0.159. The van der Waals surface area contributed by atoms with Crippen molar-refractivity contribution in [1.29, 1.82) is 0 Å². The molecule has 0 spiro atoms. The second-order valence-corrected chi connectivity index (χ2v) is 55.2. The predicted octanol–water partition coefficient (Wildman–Crippen LogP) is 23.0. The molecule has 21 aliphatic rings. The van der Waals surface area contributed by atoms with Crippen LogP contribution in [-0.2, 0) is 30.9 Å². The minimum Gasteiger partial charge on any atom is -0.390 e. The molecule has 5 N–H and O–H groups in total. The molecular weight excluding hydrogens is 1830 g/mol. The largest absolute Gasteiger partial charge is 0.390 e. The van der Waals surface area contributed by atoms with Crippen LogP contribution in [-0.4, -0.2) is 155 Å². The zero-order valence-corrected chi connectivity index (χ0v) is 90.3. The Kier molecular flexibility index (Phi) is 29.9. The maximum absolute atomic E-state index is 13.4. The summed E-state index contributed by atoms with van der Waals surface area (Å²) in [6.07, 6.45) is 58.3. The van der Waals surface area contributed by atoms with E-state index in [1.54, 1.807) is 26.3 Å². The molecule has 22 nitrogen and oxygen atoms in total. The molecule has 145 heavy (non-hydrogen) atoms. The number of tetrazole rings is 4. The van der Waals surface area contributed by atoms with Crippen LogP contribution in [0.3, 0.4) is 0 Å². The highest BCUT2D eigenvalue weighted by Gasteiger charge is 2.66. The summed E-state index contributed by atoms with van der Waals surface area (Å²) in [5, 5.41) is 105. The first-order valence-electron chi connectivity index (χ1n) is 58.7. The van der Waals surface area contributed by atoms with Crippen molar-refractivity contribution >= 4 is 11.6 Å². The number of alkyl halides is 2. The summed E-state index contributed by atoms with van der Waals surface area (Å²) in [4.78, 5) is 6.66. The van der Waals surface area contributed by atoms with Crippen molar-refractivity contribution in [3.63, 3.8) is 0 Å². The highest BCUT2D eigenvalue weighted by Crippen LogP contribution is 2.73. The van der Waals surface area contributed by atoms with Crippen LogP contribution in [0, 0.1) is 234 Å². The quantitative estimate of drug-likeness (QED) is 0.0515. The highest BCUT2D eigenvalue weighted by molar-refractivity contribution is 6.30. The summed E-state index contributed by atoms with van der Waals surface area (Å²) in [5.41, 5.74) is 4.13. The maximum Gasteiger partial charge on any atom is 0.266 e. The predicted molar refractivity (Wildman–Crippen MR) is 558 cm³/mol. The summed E-state index contributed by atoms with van der Waals surface area (Å²) in [5.74, 6) is 32.5. The van der Waals surface area contributed by atoms with Crippen molar-refractivity contribution in [2.24, 2.45) is 211 Å². The molecule has 4 aromatic rings. The van der Waals surface area contributed by atoms with Crippen molar-refractivity contribution in [2.75, 3.05) is 13.7 Å². The zero-order valence-electron chi connectivity index (χ0n) is 89.5. The molecule has 21 saturated carbocycles. The number of ether oxygens (including phenoxy) is 1. The highest BCUT2D eigenvalue weighted by atomic mass is 35.5. The number of hydrogen-bond acceptors (Lipinski definition) is 18. The molecular formula is C120H179ClF2N16O6. The Bertz CT molecular complexity index is 5320. The number of aromatic nitrogens is 16. The molecule has 0 amide bonds. The molecule has 40 atom stereocenters. The lowest BCUT2D eigenvalue weighted by Gasteiger charge is -2.57. The fourth-order valence-corrected chi connectivity index (χ4v) is 42.0. The van der Waals surface area contributed by atoms with Crippen LogP contribution in [0.4, 0.5) is 8.78 Å². The number of hydrogen-bond donors (Lipinski definition) is 5. The number of fused-ring (bicyclic) bond motifs is 25. The lowest BCUT2D eigenvalue weighted by atomic mass is 9.48. The van der Waals surface area contributed by atoms with Gasteiger partial charge in [-0.25, -0.2) is 8.78 Å². The third kappa shape index (κ3) is 20.1. The van der Waals surface area contributed by atoms with Gasteiger partial charge in [0.1, 0.15) is 16.8 Å². The fourth-order valence-electron chi connectivity index (χ4n) is 41.8. The third-order valence-corrected chi connectivity index (χ3v) is 48.2. The van der Waals surface area contributed by atoms with Gasteiger partial charge in [-0.3, -0.25) is 0 Å². The van der Waals surface area contributed by atoms with E-state index in [9.17, 15) is 34.3 Å². The monoisotopic (exact) mass is 2010 g/mol. The topological polar surface area (TPSA) is 285 Å². The van der Waals surface area contributed by atoms with E-state index in [0.717, 1.165) is 184 Å². The van der Waals surface area contributed by atoms with Crippen LogP contribution in [0.25, 0.3) is 0 Å². The smallest absolute Gasteiger partial charge is 0.266 e. The van der Waals surface area contributed by atoms with Gasteiger partial charge in [-0.2, -0.15) is 19.2 Å². The van der Waals surface area contributed by atoms with Crippen LogP contribution in [0.1, 0.15) is 350 Å². The molecule has 4 heterocycles. The number of nitrogens with zero attached hydrogens (tertiary/aromatic N) is 16. The Labute approximate surface area is 870 Å². The van der Waals surface area contributed by atoms with Crippen molar-refractivity contribution in [1.82, 2.24) is 80.8 Å². The van der Waals surface area contributed by atoms with Gasteiger partial charge in [0.2, 0.25) is 0 Å². The van der Waals surface area contributed by atoms with Gasteiger partial charge >= 0.3 is 0 Å². The van der Waals surface area contributed by atoms with Gasteiger partial charge < -0.3 is 30.3 Å². The second-order valence-electron chi connectivity index (χ2n) is 55.0. The number of rotatable bonds is 16. The van der Waals surface area contributed by atoms with Gasteiger partial charge in [-0.05, 0) is 553 Å². The molecule has 0 aliphatic heterocycles. The molecule has 0 aromatic carbocycles. The van der Waals surface area contributed by atoms with Crippen LogP contribution < -0.4 is 0 Å². The van der Waals surface area contributed by atoms with Crippen molar-refractivity contribution in [3.8, 4) is 23.1 Å².